The van der Waals surface area contributed by atoms with Gasteiger partial charge in [0.25, 0.3) is 21.6 Å². The van der Waals surface area contributed by atoms with Crippen molar-refractivity contribution in [3.63, 3.8) is 0 Å². The monoisotopic (exact) mass is 946 g/mol. The fourth-order valence-corrected chi connectivity index (χ4v) is 11.1. The summed E-state index contributed by atoms with van der Waals surface area (Å²) in [5, 5.41) is 20.3. The third-order valence-electron chi connectivity index (χ3n) is 14.1. The first-order chi connectivity index (χ1) is 32.3. The number of H-pyrrole nitrogens is 1. The Balaban J connectivity index is 0.881. The van der Waals surface area contributed by atoms with E-state index in [0.717, 1.165) is 113 Å². The number of anilines is 2. The van der Waals surface area contributed by atoms with Crippen molar-refractivity contribution in [1.82, 2.24) is 34.3 Å². The number of nitrogens with zero attached hydrogens (tertiary/aromatic N) is 7. The Kier molecular flexibility index (Phi) is 12.3. The molecule has 0 spiro atoms. The molecule has 0 unspecified atom stereocenters. The number of carbonyl (C=O) groups excluding carboxylic acids is 1. The minimum atomic E-state index is -4.57. The maximum absolute atomic E-state index is 14.3. The zero-order chi connectivity index (χ0) is 46.5. The van der Waals surface area contributed by atoms with Crippen molar-refractivity contribution in [2.45, 2.75) is 56.9 Å². The third-order valence-corrected chi connectivity index (χ3v) is 15.7. The molecule has 3 saturated heterocycles. The minimum Gasteiger partial charge on any atom is -0.379 e. The average Bonchev–Trinajstić information content (AvgIpc) is 3.94. The minimum absolute atomic E-state index is 0.0750. The Morgan fingerprint density at radius 2 is 1.76 bits per heavy atom. The highest BCUT2D eigenvalue weighted by Crippen LogP contribution is 2.43. The SMILES string of the molecule is CC1(C)CCC(CN2CCN(c3ccc(C(=O)NS(=O)(=O)c4ccc(NCC5CCN(C6COC6)CC5)c([N+](=O)[O-])c4)c(-n4[nH]cc5nc6nccc6cc54)c3)CC2)=C(c2ccc(Cl)cc2)C1. The number of nitro groups is 1. The fraction of sp³-hybridized carbons (Fsp3) is 0.408. The van der Waals surface area contributed by atoms with Crippen LogP contribution in [-0.2, 0) is 14.8 Å². The summed E-state index contributed by atoms with van der Waals surface area (Å²) in [5.74, 6) is -0.578. The summed E-state index contributed by atoms with van der Waals surface area (Å²) in [6.07, 6.45) is 8.50. The third kappa shape index (κ3) is 9.52. The Hall–Kier alpha value is -5.85. The van der Waals surface area contributed by atoms with Crippen molar-refractivity contribution < 1.29 is 22.9 Å². The number of amides is 1. The van der Waals surface area contributed by atoms with Crippen LogP contribution in [0.3, 0.4) is 0 Å². The standard InChI is InChI=1S/C49H55ClN10O6S/c1-49(2)15-11-35(41(26-49)33-3-5-36(50)6-4-33)29-56-19-21-58(22-20-56)37-7-9-40(44(24-37)59-45-23-34-12-16-51-47(34)54-43(45)28-53-59)48(61)55-67(64,65)39-8-10-42(46(25-39)60(62)63)52-27-32-13-17-57(18-14-32)38-30-66-31-38/h3-10,12,16,23-25,28,32,38,52-53H,11,13-15,17-22,26-27,29-31H2,1-2H3,(H,55,61). The molecule has 0 saturated carbocycles. The van der Waals surface area contributed by atoms with Gasteiger partial charge in [0.05, 0.1) is 45.8 Å². The van der Waals surface area contributed by atoms with E-state index in [-0.39, 0.29) is 22.4 Å². The lowest BCUT2D eigenvalue weighted by Gasteiger charge is -2.41. The molecule has 6 heterocycles. The number of rotatable bonds is 13. The molecule has 0 bridgehead atoms. The van der Waals surface area contributed by atoms with Gasteiger partial charge in [-0.2, -0.15) is 0 Å². The van der Waals surface area contributed by atoms with Gasteiger partial charge in [-0.25, -0.2) is 23.1 Å². The van der Waals surface area contributed by atoms with Crippen LogP contribution in [0.5, 0.6) is 0 Å². The van der Waals surface area contributed by atoms with E-state index < -0.39 is 25.7 Å². The molecule has 350 valence electrons. The van der Waals surface area contributed by atoms with Crippen molar-refractivity contribution >= 4 is 72.2 Å². The molecule has 16 nitrogen and oxygen atoms in total. The van der Waals surface area contributed by atoms with Crippen molar-refractivity contribution in [1.29, 1.82) is 0 Å². The molecule has 18 heteroatoms. The molecule has 3 aromatic carbocycles. The number of nitrogens with one attached hydrogen (secondary N) is 3. The highest BCUT2D eigenvalue weighted by atomic mass is 35.5. The van der Waals surface area contributed by atoms with Gasteiger partial charge in [-0.05, 0) is 122 Å². The van der Waals surface area contributed by atoms with Gasteiger partial charge in [0, 0.05) is 73.8 Å². The van der Waals surface area contributed by atoms with Crippen LogP contribution in [0.15, 0.2) is 95.7 Å². The molecule has 4 aliphatic rings. The van der Waals surface area contributed by atoms with E-state index in [0.29, 0.717) is 40.9 Å². The second kappa shape index (κ2) is 18.3. The van der Waals surface area contributed by atoms with Gasteiger partial charge in [-0.1, -0.05) is 43.2 Å². The zero-order valence-electron chi connectivity index (χ0n) is 37.7. The van der Waals surface area contributed by atoms with Crippen molar-refractivity contribution in [2.75, 3.05) is 75.8 Å². The number of halogens is 1. The van der Waals surface area contributed by atoms with Gasteiger partial charge >= 0.3 is 0 Å². The lowest BCUT2D eigenvalue weighted by atomic mass is 9.72. The number of piperazine rings is 1. The van der Waals surface area contributed by atoms with E-state index in [1.54, 1.807) is 23.1 Å². The van der Waals surface area contributed by atoms with Gasteiger partial charge in [-0.15, -0.1) is 0 Å². The second-order valence-electron chi connectivity index (χ2n) is 19.2. The van der Waals surface area contributed by atoms with E-state index in [2.05, 4.69) is 60.8 Å². The Bertz CT molecular complexity index is 2990. The number of hydrogen-bond donors (Lipinski definition) is 3. The molecule has 3 fully saturated rings. The van der Waals surface area contributed by atoms with Crippen molar-refractivity contribution in [3.8, 4) is 5.69 Å². The van der Waals surface area contributed by atoms with Crippen molar-refractivity contribution in [2.24, 2.45) is 11.3 Å². The molecular formula is C49H55ClN10O6S. The number of sulfonamides is 1. The molecule has 0 atom stereocenters. The molecule has 1 aliphatic carbocycles. The Labute approximate surface area is 394 Å². The maximum Gasteiger partial charge on any atom is 0.293 e. The van der Waals surface area contributed by atoms with Crippen LogP contribution in [0.25, 0.3) is 33.3 Å². The van der Waals surface area contributed by atoms with Gasteiger partial charge in [0.2, 0.25) is 0 Å². The molecule has 1 amide bonds. The molecule has 10 rings (SSSR count). The lowest BCUT2D eigenvalue weighted by Crippen LogP contribution is -2.52. The summed E-state index contributed by atoms with van der Waals surface area (Å²) in [4.78, 5) is 41.8. The summed E-state index contributed by atoms with van der Waals surface area (Å²) in [5.41, 5.74) is 7.39. The van der Waals surface area contributed by atoms with Crippen molar-refractivity contribution in [3.05, 3.63) is 117 Å². The molecule has 3 aliphatic heterocycles. The topological polar surface area (TPSA) is 184 Å². The Morgan fingerprint density at radius 3 is 2.49 bits per heavy atom. The number of piperidine rings is 1. The number of carbonyl (C=O) groups is 1. The number of hydrogen-bond acceptors (Lipinski definition) is 12. The van der Waals surface area contributed by atoms with Gasteiger partial charge in [0.15, 0.2) is 5.65 Å². The predicted octanol–water partition coefficient (Wildman–Crippen LogP) is 7.89. The number of allylic oxidation sites excluding steroid dienone is 1. The Morgan fingerprint density at radius 1 is 0.985 bits per heavy atom. The number of fused-ring (bicyclic) bond motifs is 2. The normalized spacial score (nSPS) is 18.9. The molecule has 67 heavy (non-hydrogen) atoms. The summed E-state index contributed by atoms with van der Waals surface area (Å²) in [6, 6.07) is 21.5. The van der Waals surface area contributed by atoms with E-state index in [9.17, 15) is 23.3 Å². The van der Waals surface area contributed by atoms with Crippen LogP contribution in [0, 0.1) is 21.4 Å². The molecule has 6 aromatic rings. The van der Waals surface area contributed by atoms with Crippen LogP contribution in [0.1, 0.15) is 61.9 Å². The molecular weight excluding hydrogens is 892 g/mol. The maximum atomic E-state index is 14.3. The number of ether oxygens (including phenoxy) is 1. The van der Waals surface area contributed by atoms with Crippen LogP contribution in [0.4, 0.5) is 17.1 Å². The van der Waals surface area contributed by atoms with E-state index in [1.807, 2.05) is 36.4 Å². The zero-order valence-corrected chi connectivity index (χ0v) is 39.3. The van der Waals surface area contributed by atoms with Crippen LogP contribution in [0.2, 0.25) is 5.02 Å². The smallest absolute Gasteiger partial charge is 0.293 e. The number of aromatic amines is 1. The lowest BCUT2D eigenvalue weighted by molar-refractivity contribution is -0.384. The summed E-state index contributed by atoms with van der Waals surface area (Å²) >= 11 is 6.27. The summed E-state index contributed by atoms with van der Waals surface area (Å²) < 4.78 is 37.2. The highest BCUT2D eigenvalue weighted by Gasteiger charge is 2.32. The molecule has 0 radical (unpaired) electrons. The largest absolute Gasteiger partial charge is 0.379 e. The number of nitro benzene ring substituents is 1. The highest BCUT2D eigenvalue weighted by molar-refractivity contribution is 7.90. The van der Waals surface area contributed by atoms with E-state index in [1.165, 1.54) is 28.8 Å². The fourth-order valence-electron chi connectivity index (χ4n) is 10.0. The number of aromatic nitrogens is 4. The number of pyridine rings is 1. The average molecular weight is 948 g/mol. The molecule has 3 N–H and O–H groups in total. The summed E-state index contributed by atoms with van der Waals surface area (Å²) in [7, 11) is -4.57. The summed E-state index contributed by atoms with van der Waals surface area (Å²) in [6.45, 7) is 12.6. The van der Waals surface area contributed by atoms with Gasteiger partial charge < -0.3 is 15.0 Å². The predicted molar refractivity (Wildman–Crippen MR) is 261 cm³/mol. The second-order valence-corrected chi connectivity index (χ2v) is 21.3. The number of benzene rings is 3. The first kappa shape index (κ1) is 45.0. The number of likely N-dealkylation sites (tertiary alicyclic amines) is 1. The van der Waals surface area contributed by atoms with Crippen LogP contribution < -0.4 is 14.9 Å². The van der Waals surface area contributed by atoms with Gasteiger partial charge in [-0.3, -0.25) is 34.5 Å². The van der Waals surface area contributed by atoms with E-state index >= 15 is 0 Å². The van der Waals surface area contributed by atoms with Crippen LogP contribution >= 0.6 is 11.6 Å². The first-order valence-electron chi connectivity index (χ1n) is 23.1. The molecule has 3 aromatic heterocycles. The van der Waals surface area contributed by atoms with Gasteiger partial charge in [0.1, 0.15) is 11.2 Å². The van der Waals surface area contributed by atoms with E-state index in [4.69, 9.17) is 21.3 Å². The quantitative estimate of drug-likeness (QED) is 0.0753. The van der Waals surface area contributed by atoms with Crippen LogP contribution in [-0.4, -0.2) is 120 Å². The first-order valence-corrected chi connectivity index (χ1v) is 24.9.